The number of rotatable bonds is 7. The Labute approximate surface area is 139 Å². The smallest absolute Gasteiger partial charge is 0.374 e. The second-order valence-electron chi connectivity index (χ2n) is 5.16. The van der Waals surface area contributed by atoms with E-state index in [1.807, 2.05) is 32.0 Å². The summed E-state index contributed by atoms with van der Waals surface area (Å²) in [4.78, 5) is 23.7. The third kappa shape index (κ3) is 4.51. The van der Waals surface area contributed by atoms with E-state index in [2.05, 4.69) is 0 Å². The van der Waals surface area contributed by atoms with Crippen molar-refractivity contribution < 1.29 is 23.5 Å². The zero-order chi connectivity index (χ0) is 16.8. The number of hydrogen-bond acceptors (Lipinski definition) is 6. The highest BCUT2D eigenvalue weighted by atomic mass is 32.2. The van der Waals surface area contributed by atoms with Gasteiger partial charge in [0.1, 0.15) is 5.58 Å². The van der Waals surface area contributed by atoms with Crippen molar-refractivity contribution in [3.8, 4) is 0 Å². The minimum absolute atomic E-state index is 0.132. The molecule has 0 radical (unpaired) electrons. The quantitative estimate of drug-likeness (QED) is 0.717. The van der Waals surface area contributed by atoms with E-state index < -0.39 is 5.97 Å². The molecule has 0 fully saturated rings. The summed E-state index contributed by atoms with van der Waals surface area (Å²) in [6.45, 7) is 5.65. The molecule has 0 bridgehead atoms. The number of esters is 2. The summed E-state index contributed by atoms with van der Waals surface area (Å²) in [6.07, 6.45) is -0.132. The molecule has 0 atom stereocenters. The summed E-state index contributed by atoms with van der Waals surface area (Å²) < 4.78 is 15.8. The predicted molar refractivity (Wildman–Crippen MR) is 89.6 cm³/mol. The van der Waals surface area contributed by atoms with Crippen molar-refractivity contribution >= 4 is 34.7 Å². The molecule has 2 rings (SSSR count). The maximum Gasteiger partial charge on any atom is 0.374 e. The number of ether oxygens (including phenoxy) is 2. The average molecular weight is 336 g/mol. The second kappa shape index (κ2) is 8.06. The van der Waals surface area contributed by atoms with Crippen molar-refractivity contribution in [1.82, 2.24) is 0 Å². The zero-order valence-corrected chi connectivity index (χ0v) is 14.3. The molecule has 0 spiro atoms. The largest absolute Gasteiger partial charge is 0.462 e. The van der Waals surface area contributed by atoms with E-state index in [9.17, 15) is 9.59 Å². The summed E-state index contributed by atoms with van der Waals surface area (Å²) in [5.41, 5.74) is 1.39. The van der Waals surface area contributed by atoms with E-state index in [1.165, 1.54) is 11.8 Å². The minimum atomic E-state index is -0.482. The molecule has 2 aromatic rings. The van der Waals surface area contributed by atoms with E-state index >= 15 is 0 Å². The molecule has 0 saturated heterocycles. The van der Waals surface area contributed by atoms with Crippen molar-refractivity contribution in [2.24, 2.45) is 0 Å². The van der Waals surface area contributed by atoms with Crippen LogP contribution in [0.4, 0.5) is 0 Å². The average Bonchev–Trinajstić information content (AvgIpc) is 2.86. The first-order valence-electron chi connectivity index (χ1n) is 7.47. The second-order valence-corrected chi connectivity index (χ2v) is 6.14. The van der Waals surface area contributed by atoms with Crippen LogP contribution in [-0.4, -0.2) is 30.4 Å². The predicted octanol–water partition coefficient (Wildman–Crippen LogP) is 3.79. The summed E-state index contributed by atoms with van der Waals surface area (Å²) in [5.74, 6) is 0.149. The van der Waals surface area contributed by atoms with Crippen LogP contribution in [0.15, 0.2) is 28.7 Å². The highest BCUT2D eigenvalue weighted by molar-refractivity contribution is 7.99. The lowest BCUT2D eigenvalue weighted by Crippen LogP contribution is -2.13. The Bertz CT molecular complexity index is 689. The number of carbonyl (C=O) groups excluding carboxylic acids is 2. The SMILES string of the molecule is CCOC(=O)c1oc2ccccc2c1CSCC(=O)OC(C)C. The molecule has 0 amide bonds. The Kier molecular flexibility index (Phi) is 6.10. The Hall–Kier alpha value is -1.95. The van der Waals surface area contributed by atoms with Crippen LogP contribution < -0.4 is 0 Å². The van der Waals surface area contributed by atoms with Gasteiger partial charge in [0.05, 0.1) is 18.5 Å². The fourth-order valence-electron chi connectivity index (χ4n) is 2.14. The topological polar surface area (TPSA) is 65.7 Å². The Balaban J connectivity index is 2.15. The Morgan fingerprint density at radius 2 is 2.00 bits per heavy atom. The van der Waals surface area contributed by atoms with Crippen LogP contribution in [0.3, 0.4) is 0 Å². The Morgan fingerprint density at radius 3 is 2.70 bits per heavy atom. The van der Waals surface area contributed by atoms with Gasteiger partial charge in [0.2, 0.25) is 5.76 Å². The molecule has 0 N–H and O–H groups in total. The van der Waals surface area contributed by atoms with E-state index in [-0.39, 0.29) is 30.2 Å². The van der Waals surface area contributed by atoms with Gasteiger partial charge in [0.15, 0.2) is 0 Å². The van der Waals surface area contributed by atoms with Crippen molar-refractivity contribution in [2.75, 3.05) is 12.4 Å². The molecule has 0 aliphatic heterocycles. The molecule has 1 aromatic carbocycles. The minimum Gasteiger partial charge on any atom is -0.462 e. The number of fused-ring (bicyclic) bond motifs is 1. The first-order chi connectivity index (χ1) is 11.0. The molecular weight excluding hydrogens is 316 g/mol. The molecule has 5 nitrogen and oxygen atoms in total. The van der Waals surface area contributed by atoms with Crippen molar-refractivity contribution in [3.63, 3.8) is 0 Å². The normalized spacial score (nSPS) is 11.0. The van der Waals surface area contributed by atoms with Gasteiger partial charge >= 0.3 is 11.9 Å². The van der Waals surface area contributed by atoms with Gasteiger partial charge in [-0.05, 0) is 26.8 Å². The fourth-order valence-corrected chi connectivity index (χ4v) is 2.96. The summed E-state index contributed by atoms with van der Waals surface area (Å²) in [5, 5.41) is 0.861. The van der Waals surface area contributed by atoms with E-state index in [0.29, 0.717) is 11.3 Å². The van der Waals surface area contributed by atoms with Crippen LogP contribution in [0, 0.1) is 0 Å². The van der Waals surface area contributed by atoms with Gasteiger partial charge in [-0.2, -0.15) is 0 Å². The van der Waals surface area contributed by atoms with Gasteiger partial charge in [-0.3, -0.25) is 4.79 Å². The number of carbonyl (C=O) groups is 2. The Morgan fingerprint density at radius 1 is 1.26 bits per heavy atom. The van der Waals surface area contributed by atoms with Gasteiger partial charge in [-0.1, -0.05) is 18.2 Å². The summed E-state index contributed by atoms with van der Waals surface area (Å²) in [6, 6.07) is 7.43. The highest BCUT2D eigenvalue weighted by Crippen LogP contribution is 2.29. The molecule has 0 unspecified atom stereocenters. The molecule has 0 aliphatic carbocycles. The molecule has 1 heterocycles. The summed E-state index contributed by atoms with van der Waals surface area (Å²) in [7, 11) is 0. The third-order valence-corrected chi connectivity index (χ3v) is 3.93. The van der Waals surface area contributed by atoms with Gasteiger partial charge in [-0.15, -0.1) is 11.8 Å². The molecule has 124 valence electrons. The van der Waals surface area contributed by atoms with Crippen LogP contribution in [0.2, 0.25) is 0 Å². The maximum absolute atomic E-state index is 12.1. The number of para-hydroxylation sites is 1. The summed E-state index contributed by atoms with van der Waals surface area (Å²) >= 11 is 1.38. The molecular formula is C17H20O5S. The van der Waals surface area contributed by atoms with Crippen LogP contribution in [-0.2, 0) is 20.0 Å². The highest BCUT2D eigenvalue weighted by Gasteiger charge is 2.21. The van der Waals surface area contributed by atoms with Gasteiger partial charge in [0.25, 0.3) is 0 Å². The number of thioether (sulfide) groups is 1. The molecule has 0 aliphatic rings. The van der Waals surface area contributed by atoms with E-state index in [1.54, 1.807) is 13.0 Å². The molecule has 23 heavy (non-hydrogen) atoms. The van der Waals surface area contributed by atoms with Crippen LogP contribution >= 0.6 is 11.8 Å². The van der Waals surface area contributed by atoms with Crippen LogP contribution in [0.5, 0.6) is 0 Å². The van der Waals surface area contributed by atoms with Crippen molar-refractivity contribution in [1.29, 1.82) is 0 Å². The van der Waals surface area contributed by atoms with E-state index in [4.69, 9.17) is 13.9 Å². The van der Waals surface area contributed by atoms with Gasteiger partial charge < -0.3 is 13.9 Å². The third-order valence-electron chi connectivity index (χ3n) is 2.99. The van der Waals surface area contributed by atoms with Crippen molar-refractivity contribution in [2.45, 2.75) is 32.6 Å². The number of benzene rings is 1. The number of hydrogen-bond donors (Lipinski definition) is 0. The first kappa shape index (κ1) is 17.4. The first-order valence-corrected chi connectivity index (χ1v) is 8.63. The van der Waals surface area contributed by atoms with Crippen LogP contribution in [0.1, 0.15) is 36.9 Å². The van der Waals surface area contributed by atoms with Crippen LogP contribution in [0.25, 0.3) is 11.0 Å². The lowest BCUT2D eigenvalue weighted by molar-refractivity contribution is -0.144. The fraction of sp³-hybridized carbons (Fsp3) is 0.412. The molecule has 1 aromatic heterocycles. The maximum atomic E-state index is 12.1. The molecule has 6 heteroatoms. The monoisotopic (exact) mass is 336 g/mol. The zero-order valence-electron chi connectivity index (χ0n) is 13.5. The lowest BCUT2D eigenvalue weighted by Gasteiger charge is -2.07. The lowest BCUT2D eigenvalue weighted by atomic mass is 10.1. The number of furan rings is 1. The van der Waals surface area contributed by atoms with Gasteiger partial charge in [-0.25, -0.2) is 4.79 Å². The van der Waals surface area contributed by atoms with E-state index in [0.717, 1.165) is 10.9 Å². The standard InChI is InChI=1S/C17H20O5S/c1-4-20-17(19)16-13(9-23-10-15(18)21-11(2)3)12-7-5-6-8-14(12)22-16/h5-8,11H,4,9-10H2,1-3H3. The van der Waals surface area contributed by atoms with Gasteiger partial charge in [0, 0.05) is 16.7 Å². The van der Waals surface area contributed by atoms with Crippen molar-refractivity contribution in [3.05, 3.63) is 35.6 Å². The molecule has 0 saturated carbocycles.